The predicted molar refractivity (Wildman–Crippen MR) is 115 cm³/mol. The maximum Gasteiger partial charge on any atom is 0.229 e. The Hall–Kier alpha value is -2.19. The Balaban J connectivity index is 1.14. The van der Waals surface area contributed by atoms with E-state index < -0.39 is 0 Å². The zero-order valence-corrected chi connectivity index (χ0v) is 17.6. The van der Waals surface area contributed by atoms with E-state index in [4.69, 9.17) is 4.98 Å². The number of carbonyl (C=O) groups excluding carboxylic acids is 1. The second kappa shape index (κ2) is 7.50. The van der Waals surface area contributed by atoms with Crippen LogP contribution >= 0.6 is 0 Å². The van der Waals surface area contributed by atoms with Crippen molar-refractivity contribution in [3.63, 3.8) is 0 Å². The molecule has 1 amide bonds. The largest absolute Gasteiger partial charge is 0.354 e. The molecular weight excluding hydrogens is 378 g/mol. The molecule has 8 heteroatoms. The van der Waals surface area contributed by atoms with Crippen LogP contribution in [0.25, 0.3) is 5.65 Å². The average Bonchev–Trinajstić information content (AvgIpc) is 3.46. The molecule has 0 radical (unpaired) electrons. The molecule has 1 saturated carbocycles. The van der Waals surface area contributed by atoms with Gasteiger partial charge in [0, 0.05) is 70.4 Å². The minimum atomic E-state index is 0.110. The number of rotatable bonds is 4. The summed E-state index contributed by atoms with van der Waals surface area (Å²) in [5, 5.41) is 8.03. The van der Waals surface area contributed by atoms with Crippen molar-refractivity contribution in [1.82, 2.24) is 29.7 Å². The van der Waals surface area contributed by atoms with E-state index in [2.05, 4.69) is 25.1 Å². The second-order valence-corrected chi connectivity index (χ2v) is 9.38. The molecule has 4 aliphatic rings. The highest BCUT2D eigenvalue weighted by Crippen LogP contribution is 2.33. The predicted octanol–water partition coefficient (Wildman–Crippen LogP) is 0.408. The highest BCUT2D eigenvalue weighted by atomic mass is 16.2. The molecule has 1 aliphatic carbocycles. The molecule has 0 bridgehead atoms. The number of carbonyl (C=O) groups is 1. The Morgan fingerprint density at radius 2 is 1.90 bits per heavy atom. The smallest absolute Gasteiger partial charge is 0.229 e. The Labute approximate surface area is 177 Å². The third-order valence-corrected chi connectivity index (χ3v) is 7.21. The van der Waals surface area contributed by atoms with Crippen molar-refractivity contribution < 1.29 is 4.79 Å². The standard InChI is InChI=1S/C22H31N7O/c30-22(27-11-9-26(10-12-27)13-16-1-2-16)17-14-28(15-17)21-18-3-6-23-7-4-19(18)25-20-5-8-24-29(20)21/h5,8,16-17,23H,1-4,6-7,9-15H2. The first-order chi connectivity index (χ1) is 14.8. The van der Waals surface area contributed by atoms with Crippen molar-refractivity contribution >= 4 is 17.4 Å². The van der Waals surface area contributed by atoms with Crippen molar-refractivity contribution in [2.75, 3.05) is 63.8 Å². The fourth-order valence-electron chi connectivity index (χ4n) is 5.22. The zero-order valence-electron chi connectivity index (χ0n) is 17.6. The molecular formula is C22H31N7O. The second-order valence-electron chi connectivity index (χ2n) is 9.38. The third kappa shape index (κ3) is 3.36. The van der Waals surface area contributed by atoms with E-state index in [1.165, 1.54) is 30.6 Å². The molecule has 0 spiro atoms. The molecule has 6 rings (SSSR count). The Morgan fingerprint density at radius 1 is 1.10 bits per heavy atom. The van der Waals surface area contributed by atoms with Gasteiger partial charge in [-0.3, -0.25) is 9.69 Å². The molecule has 3 aliphatic heterocycles. The summed E-state index contributed by atoms with van der Waals surface area (Å²) in [5.41, 5.74) is 3.40. The molecule has 2 saturated heterocycles. The molecule has 30 heavy (non-hydrogen) atoms. The normalized spacial score (nSPS) is 23.3. The molecule has 2 aromatic heterocycles. The molecule has 1 N–H and O–H groups in total. The topological polar surface area (TPSA) is 69.0 Å². The number of nitrogens with zero attached hydrogens (tertiary/aromatic N) is 6. The SMILES string of the molecule is O=C(C1CN(c2c3c(nc4ccnn24)CCNCC3)C1)N1CCN(CC2CC2)CC1. The van der Waals surface area contributed by atoms with Crippen LogP contribution in [0.5, 0.6) is 0 Å². The van der Waals surface area contributed by atoms with Gasteiger partial charge in [-0.15, -0.1) is 0 Å². The van der Waals surface area contributed by atoms with Gasteiger partial charge >= 0.3 is 0 Å². The van der Waals surface area contributed by atoms with Gasteiger partial charge in [0.25, 0.3) is 0 Å². The number of piperazine rings is 1. The van der Waals surface area contributed by atoms with Crippen molar-refractivity contribution in [3.05, 3.63) is 23.5 Å². The summed E-state index contributed by atoms with van der Waals surface area (Å²) in [6.07, 6.45) is 6.54. The van der Waals surface area contributed by atoms with E-state index in [1.807, 2.05) is 16.8 Å². The summed E-state index contributed by atoms with van der Waals surface area (Å²) in [6.45, 7) is 8.62. The van der Waals surface area contributed by atoms with Crippen molar-refractivity contribution in [3.8, 4) is 0 Å². The molecule has 2 aromatic rings. The lowest BCUT2D eigenvalue weighted by atomic mass is 9.96. The van der Waals surface area contributed by atoms with Crippen molar-refractivity contribution in [1.29, 1.82) is 0 Å². The number of hydrogen-bond acceptors (Lipinski definition) is 6. The van der Waals surface area contributed by atoms with E-state index in [1.54, 1.807) is 0 Å². The molecule has 5 heterocycles. The van der Waals surface area contributed by atoms with Gasteiger partial charge in [0.05, 0.1) is 17.8 Å². The summed E-state index contributed by atoms with van der Waals surface area (Å²) in [7, 11) is 0. The summed E-state index contributed by atoms with van der Waals surface area (Å²) in [6, 6.07) is 1.98. The highest BCUT2D eigenvalue weighted by Gasteiger charge is 2.39. The van der Waals surface area contributed by atoms with Gasteiger partial charge in [-0.25, -0.2) is 4.98 Å². The maximum atomic E-state index is 13.1. The van der Waals surface area contributed by atoms with Gasteiger partial charge < -0.3 is 15.1 Å². The van der Waals surface area contributed by atoms with E-state index in [9.17, 15) is 4.79 Å². The molecule has 3 fully saturated rings. The molecule has 160 valence electrons. The number of nitrogens with one attached hydrogen (secondary N) is 1. The number of amides is 1. The Kier molecular flexibility index (Phi) is 4.64. The van der Waals surface area contributed by atoms with Crippen LogP contribution in [0.15, 0.2) is 12.3 Å². The van der Waals surface area contributed by atoms with Crippen LogP contribution in [-0.4, -0.2) is 89.2 Å². The number of aromatic nitrogens is 3. The van der Waals surface area contributed by atoms with Crippen LogP contribution in [0.1, 0.15) is 24.1 Å². The van der Waals surface area contributed by atoms with Gasteiger partial charge in [-0.2, -0.15) is 9.61 Å². The van der Waals surface area contributed by atoms with Gasteiger partial charge in [0.2, 0.25) is 5.91 Å². The fourth-order valence-corrected chi connectivity index (χ4v) is 5.22. The van der Waals surface area contributed by atoms with E-state index in [0.29, 0.717) is 5.91 Å². The average molecular weight is 410 g/mol. The minimum Gasteiger partial charge on any atom is -0.354 e. The van der Waals surface area contributed by atoms with Crippen LogP contribution in [-0.2, 0) is 17.6 Å². The molecule has 0 aromatic carbocycles. The lowest BCUT2D eigenvalue weighted by molar-refractivity contribution is -0.138. The number of hydrogen-bond donors (Lipinski definition) is 1. The van der Waals surface area contributed by atoms with E-state index in [-0.39, 0.29) is 5.92 Å². The fraction of sp³-hybridized carbons (Fsp3) is 0.682. The quantitative estimate of drug-likeness (QED) is 0.789. The van der Waals surface area contributed by atoms with Gasteiger partial charge in [0.1, 0.15) is 5.82 Å². The summed E-state index contributed by atoms with van der Waals surface area (Å²) in [4.78, 5) is 24.9. The van der Waals surface area contributed by atoms with Crippen LogP contribution < -0.4 is 10.2 Å². The first-order valence-corrected chi connectivity index (χ1v) is 11.6. The van der Waals surface area contributed by atoms with Crippen LogP contribution in [0.3, 0.4) is 0 Å². The van der Waals surface area contributed by atoms with Gasteiger partial charge in [-0.05, 0) is 31.7 Å². The monoisotopic (exact) mass is 409 g/mol. The molecule has 8 nitrogen and oxygen atoms in total. The molecule has 0 unspecified atom stereocenters. The van der Waals surface area contributed by atoms with Crippen LogP contribution in [0.4, 0.5) is 5.82 Å². The lowest BCUT2D eigenvalue weighted by Crippen LogP contribution is -2.58. The van der Waals surface area contributed by atoms with Crippen LogP contribution in [0, 0.1) is 11.8 Å². The summed E-state index contributed by atoms with van der Waals surface area (Å²) >= 11 is 0. The Bertz CT molecular complexity index is 938. The number of anilines is 1. The van der Waals surface area contributed by atoms with E-state index in [0.717, 1.165) is 82.6 Å². The van der Waals surface area contributed by atoms with E-state index >= 15 is 0 Å². The van der Waals surface area contributed by atoms with Crippen molar-refractivity contribution in [2.24, 2.45) is 11.8 Å². The Morgan fingerprint density at radius 3 is 2.70 bits per heavy atom. The highest BCUT2D eigenvalue weighted by molar-refractivity contribution is 5.82. The lowest BCUT2D eigenvalue weighted by Gasteiger charge is -2.44. The minimum absolute atomic E-state index is 0.110. The first kappa shape index (κ1) is 18.6. The number of fused-ring (bicyclic) bond motifs is 2. The van der Waals surface area contributed by atoms with Gasteiger partial charge in [0.15, 0.2) is 5.65 Å². The first-order valence-electron chi connectivity index (χ1n) is 11.6. The van der Waals surface area contributed by atoms with Crippen LogP contribution in [0.2, 0.25) is 0 Å². The molecule has 0 atom stereocenters. The van der Waals surface area contributed by atoms with Gasteiger partial charge in [-0.1, -0.05) is 0 Å². The van der Waals surface area contributed by atoms with Crippen molar-refractivity contribution in [2.45, 2.75) is 25.7 Å². The summed E-state index contributed by atoms with van der Waals surface area (Å²) in [5.74, 6) is 2.54. The third-order valence-electron chi connectivity index (χ3n) is 7.21. The maximum absolute atomic E-state index is 13.1. The zero-order chi connectivity index (χ0) is 20.1. The summed E-state index contributed by atoms with van der Waals surface area (Å²) < 4.78 is 1.97.